The summed E-state index contributed by atoms with van der Waals surface area (Å²) in [6.45, 7) is 0.269. The molecule has 1 amide bonds. The minimum atomic E-state index is -2.11. The zero-order valence-electron chi connectivity index (χ0n) is 13.7. The molecule has 4 rings (SSSR count). The third-order valence-electron chi connectivity index (χ3n) is 4.64. The molecular formula is C21H15ClFNO2. The molecule has 0 bridgehead atoms. The Morgan fingerprint density at radius 2 is 1.65 bits per heavy atom. The summed E-state index contributed by atoms with van der Waals surface area (Å²) in [5, 5.41) is 11.7. The first-order valence-electron chi connectivity index (χ1n) is 8.15. The Balaban J connectivity index is 1.89. The Morgan fingerprint density at radius 1 is 0.962 bits per heavy atom. The summed E-state index contributed by atoms with van der Waals surface area (Å²) in [5.74, 6) is -1.24. The molecule has 1 aliphatic heterocycles. The molecule has 1 aliphatic rings. The fraction of sp³-hybridized carbons (Fsp3) is 0.0952. The summed E-state index contributed by atoms with van der Waals surface area (Å²) >= 11 is 6.10. The number of benzene rings is 3. The zero-order chi connectivity index (χ0) is 18.3. The fourth-order valence-corrected chi connectivity index (χ4v) is 3.56. The summed E-state index contributed by atoms with van der Waals surface area (Å²) in [4.78, 5) is 14.7. The molecule has 0 fully saturated rings. The highest BCUT2D eigenvalue weighted by molar-refractivity contribution is 6.31. The average molecular weight is 368 g/mol. The molecule has 3 aromatic carbocycles. The molecule has 1 atom stereocenters. The van der Waals surface area contributed by atoms with Crippen LogP contribution in [-0.2, 0) is 16.9 Å². The molecular weight excluding hydrogens is 353 g/mol. The van der Waals surface area contributed by atoms with Crippen molar-refractivity contribution in [3.05, 3.63) is 100 Å². The highest BCUT2D eigenvalue weighted by Gasteiger charge is 2.52. The summed E-state index contributed by atoms with van der Waals surface area (Å²) in [6, 6.07) is 20.0. The first-order valence-corrected chi connectivity index (χ1v) is 8.53. The van der Waals surface area contributed by atoms with Gasteiger partial charge in [-0.05, 0) is 29.8 Å². The Morgan fingerprint density at radius 3 is 2.38 bits per heavy atom. The van der Waals surface area contributed by atoms with Crippen molar-refractivity contribution >= 4 is 23.2 Å². The van der Waals surface area contributed by atoms with Crippen molar-refractivity contribution in [3.8, 4) is 0 Å². The maximum Gasteiger partial charge on any atom is 0.268 e. The van der Waals surface area contributed by atoms with Gasteiger partial charge in [-0.2, -0.15) is 0 Å². The normalized spacial score (nSPS) is 18.9. The molecule has 3 nitrogen and oxygen atoms in total. The molecule has 0 spiro atoms. The second kappa shape index (κ2) is 6.24. The predicted octanol–water partition coefficient (Wildman–Crippen LogP) is 4.26. The maximum absolute atomic E-state index is 14.4. The third kappa shape index (κ3) is 2.50. The van der Waals surface area contributed by atoms with Crippen molar-refractivity contribution in [1.82, 2.24) is 0 Å². The van der Waals surface area contributed by atoms with E-state index < -0.39 is 17.3 Å². The minimum absolute atomic E-state index is 0.0796. The van der Waals surface area contributed by atoms with E-state index in [1.807, 2.05) is 30.3 Å². The number of amides is 1. The number of hydrogen-bond acceptors (Lipinski definition) is 2. The predicted molar refractivity (Wildman–Crippen MR) is 98.5 cm³/mol. The van der Waals surface area contributed by atoms with Gasteiger partial charge < -0.3 is 10.0 Å². The zero-order valence-corrected chi connectivity index (χ0v) is 14.4. The molecule has 1 heterocycles. The number of fused-ring (bicyclic) bond motifs is 1. The summed E-state index contributed by atoms with van der Waals surface area (Å²) in [5.41, 5.74) is -0.478. The molecule has 3 aromatic rings. The smallest absolute Gasteiger partial charge is 0.268 e. The van der Waals surface area contributed by atoms with Gasteiger partial charge in [0, 0.05) is 16.1 Å². The van der Waals surface area contributed by atoms with E-state index in [9.17, 15) is 14.3 Å². The van der Waals surface area contributed by atoms with Crippen molar-refractivity contribution in [2.75, 3.05) is 4.90 Å². The van der Waals surface area contributed by atoms with Gasteiger partial charge in [0.25, 0.3) is 5.91 Å². The second-order valence-corrected chi connectivity index (χ2v) is 6.67. The lowest BCUT2D eigenvalue weighted by molar-refractivity contribution is -0.132. The van der Waals surface area contributed by atoms with Crippen LogP contribution in [0.15, 0.2) is 72.8 Å². The monoisotopic (exact) mass is 367 g/mol. The van der Waals surface area contributed by atoms with E-state index in [1.54, 1.807) is 18.2 Å². The Hall–Kier alpha value is -2.69. The molecule has 0 aromatic heterocycles. The van der Waals surface area contributed by atoms with Crippen molar-refractivity contribution < 1.29 is 14.3 Å². The van der Waals surface area contributed by atoms with E-state index in [0.29, 0.717) is 10.7 Å². The Labute approximate surface area is 155 Å². The number of aliphatic hydroxyl groups is 1. The largest absolute Gasteiger partial charge is 0.372 e. The van der Waals surface area contributed by atoms with Crippen LogP contribution in [0.3, 0.4) is 0 Å². The number of hydrogen-bond donors (Lipinski definition) is 1. The minimum Gasteiger partial charge on any atom is -0.372 e. The van der Waals surface area contributed by atoms with E-state index in [1.165, 1.54) is 29.2 Å². The van der Waals surface area contributed by atoms with E-state index >= 15 is 0 Å². The number of anilines is 1. The number of nitrogens with zero attached hydrogens (tertiary/aromatic N) is 1. The Kier molecular flexibility index (Phi) is 4.02. The van der Waals surface area contributed by atoms with Crippen molar-refractivity contribution in [2.24, 2.45) is 0 Å². The quantitative estimate of drug-likeness (QED) is 0.751. The number of rotatable bonds is 3. The molecule has 5 heteroatoms. The Bertz CT molecular complexity index is 992. The van der Waals surface area contributed by atoms with Crippen molar-refractivity contribution in [3.63, 3.8) is 0 Å². The topological polar surface area (TPSA) is 40.5 Å². The van der Waals surface area contributed by atoms with E-state index in [4.69, 9.17) is 11.6 Å². The van der Waals surface area contributed by atoms with Crippen LogP contribution in [0.25, 0.3) is 0 Å². The van der Waals surface area contributed by atoms with Crippen LogP contribution in [-0.4, -0.2) is 11.0 Å². The van der Waals surface area contributed by atoms with Crippen LogP contribution < -0.4 is 4.90 Å². The van der Waals surface area contributed by atoms with Crippen molar-refractivity contribution in [2.45, 2.75) is 12.1 Å². The summed E-state index contributed by atoms with van der Waals surface area (Å²) in [6.07, 6.45) is 0. The van der Waals surface area contributed by atoms with Gasteiger partial charge in [-0.25, -0.2) is 4.39 Å². The van der Waals surface area contributed by atoms with E-state index in [-0.39, 0.29) is 17.7 Å². The van der Waals surface area contributed by atoms with Crippen LogP contribution in [0.1, 0.15) is 16.7 Å². The van der Waals surface area contributed by atoms with Crippen LogP contribution in [0, 0.1) is 5.82 Å². The van der Waals surface area contributed by atoms with Gasteiger partial charge >= 0.3 is 0 Å². The lowest BCUT2D eigenvalue weighted by atomic mass is 9.87. The highest BCUT2D eigenvalue weighted by atomic mass is 35.5. The first-order chi connectivity index (χ1) is 12.5. The van der Waals surface area contributed by atoms with Crippen LogP contribution in [0.2, 0.25) is 5.02 Å². The molecule has 0 radical (unpaired) electrons. The van der Waals surface area contributed by atoms with Crippen LogP contribution >= 0.6 is 11.6 Å². The van der Waals surface area contributed by atoms with Gasteiger partial charge in [-0.3, -0.25) is 4.79 Å². The van der Waals surface area contributed by atoms with E-state index in [2.05, 4.69) is 0 Å². The fourth-order valence-electron chi connectivity index (χ4n) is 3.39. The molecule has 130 valence electrons. The SMILES string of the molecule is O=C1N(Cc2ccccc2)c2ccc(Cl)cc2[C@]1(O)c1ccccc1F. The van der Waals surface area contributed by atoms with Crippen molar-refractivity contribution in [1.29, 1.82) is 0 Å². The lowest BCUT2D eigenvalue weighted by Crippen LogP contribution is -2.41. The van der Waals surface area contributed by atoms with Gasteiger partial charge in [0.05, 0.1) is 12.2 Å². The van der Waals surface area contributed by atoms with E-state index in [0.717, 1.165) is 5.56 Å². The van der Waals surface area contributed by atoms with Gasteiger partial charge in [-0.15, -0.1) is 0 Å². The standard InChI is InChI=1S/C21H15ClFNO2/c22-15-10-11-19-17(12-15)21(26,16-8-4-5-9-18(16)23)20(25)24(19)13-14-6-2-1-3-7-14/h1-12,26H,13H2/t21-/m1/s1. The van der Waals surface area contributed by atoms with Gasteiger partial charge in [0.15, 0.2) is 5.60 Å². The van der Waals surface area contributed by atoms with Crippen LogP contribution in [0.5, 0.6) is 0 Å². The lowest BCUT2D eigenvalue weighted by Gasteiger charge is -2.24. The number of carbonyl (C=O) groups excluding carboxylic acids is 1. The molecule has 0 unspecified atom stereocenters. The number of halogens is 2. The molecule has 1 N–H and O–H groups in total. The van der Waals surface area contributed by atoms with Gasteiger partial charge in [0.2, 0.25) is 0 Å². The summed E-state index contributed by atoms with van der Waals surface area (Å²) in [7, 11) is 0. The first kappa shape index (κ1) is 16.8. The average Bonchev–Trinajstić information content (AvgIpc) is 2.85. The number of carbonyl (C=O) groups is 1. The van der Waals surface area contributed by atoms with Gasteiger partial charge in [0.1, 0.15) is 5.82 Å². The maximum atomic E-state index is 14.4. The third-order valence-corrected chi connectivity index (χ3v) is 4.88. The molecule has 0 saturated carbocycles. The highest BCUT2D eigenvalue weighted by Crippen LogP contribution is 2.46. The van der Waals surface area contributed by atoms with Crippen LogP contribution in [0.4, 0.5) is 10.1 Å². The van der Waals surface area contributed by atoms with Gasteiger partial charge in [-0.1, -0.05) is 60.1 Å². The second-order valence-electron chi connectivity index (χ2n) is 6.23. The molecule has 26 heavy (non-hydrogen) atoms. The summed E-state index contributed by atoms with van der Waals surface area (Å²) < 4.78 is 14.4. The molecule has 0 saturated heterocycles. The molecule has 0 aliphatic carbocycles.